The van der Waals surface area contributed by atoms with E-state index < -0.39 is 49.1 Å². The molecule has 0 aromatic heterocycles. The lowest BCUT2D eigenvalue weighted by molar-refractivity contribution is -0.405. The maximum Gasteiger partial charge on any atom is 0.384 e. The van der Waals surface area contributed by atoms with Crippen molar-refractivity contribution in [3.05, 3.63) is 0 Å². The van der Waals surface area contributed by atoms with Gasteiger partial charge in [-0.15, -0.1) is 0 Å². The molecule has 0 rings (SSSR count). The molecule has 128 valence electrons. The SMILES string of the molecule is CC(F)(C(F)F)C(F)(F)C(F)(F)C(F)(F)C(F)(F)C(F)F. The topological polar surface area (TPSA) is 0 Å². The molecule has 0 aromatic carbocycles. The fourth-order valence-corrected chi connectivity index (χ4v) is 0.988. The van der Waals surface area contributed by atoms with Crippen LogP contribution < -0.4 is 0 Å². The van der Waals surface area contributed by atoms with E-state index in [9.17, 15) is 57.1 Å². The average molecular weight is 348 g/mol. The van der Waals surface area contributed by atoms with Gasteiger partial charge in [0, 0.05) is 0 Å². The van der Waals surface area contributed by atoms with Crippen molar-refractivity contribution in [2.45, 2.75) is 49.1 Å². The van der Waals surface area contributed by atoms with Crippen LogP contribution in [-0.2, 0) is 0 Å². The number of halogens is 13. The van der Waals surface area contributed by atoms with E-state index in [1.165, 1.54) is 0 Å². The Kier molecular flexibility index (Phi) is 4.85. The Morgan fingerprint density at radius 3 is 1.10 bits per heavy atom. The fourth-order valence-electron chi connectivity index (χ4n) is 0.988. The quantitative estimate of drug-likeness (QED) is 0.606. The van der Waals surface area contributed by atoms with Gasteiger partial charge in [0.1, 0.15) is 0 Å². The Labute approximate surface area is 107 Å². The molecule has 13 heteroatoms. The van der Waals surface area contributed by atoms with Gasteiger partial charge in [0.05, 0.1) is 0 Å². The van der Waals surface area contributed by atoms with Crippen LogP contribution in [0.3, 0.4) is 0 Å². The van der Waals surface area contributed by atoms with Crippen molar-refractivity contribution in [1.82, 2.24) is 0 Å². The van der Waals surface area contributed by atoms with Crippen LogP contribution in [0.2, 0.25) is 0 Å². The second-order valence-electron chi connectivity index (χ2n) is 4.02. The number of alkyl halides is 13. The van der Waals surface area contributed by atoms with Gasteiger partial charge in [-0.1, -0.05) is 0 Å². The van der Waals surface area contributed by atoms with Crippen LogP contribution in [0.15, 0.2) is 0 Å². The Bertz CT molecular complexity index is 334. The van der Waals surface area contributed by atoms with E-state index in [0.717, 1.165) is 0 Å². The minimum Gasteiger partial charge on any atom is -0.231 e. The Hall–Kier alpha value is -0.910. The van der Waals surface area contributed by atoms with Gasteiger partial charge in [-0.3, -0.25) is 0 Å². The monoisotopic (exact) mass is 348 g/mol. The first-order chi connectivity index (χ1) is 8.89. The highest BCUT2D eigenvalue weighted by atomic mass is 19.4. The molecular weight excluding hydrogens is 343 g/mol. The first kappa shape index (κ1) is 20.1. The Balaban J connectivity index is 6.09. The highest BCUT2D eigenvalue weighted by molar-refractivity contribution is 5.11. The van der Waals surface area contributed by atoms with Gasteiger partial charge in [0.15, 0.2) is 0 Å². The summed E-state index contributed by atoms with van der Waals surface area (Å²) >= 11 is 0. The summed E-state index contributed by atoms with van der Waals surface area (Å²) in [5, 5.41) is 0. The van der Waals surface area contributed by atoms with E-state index in [-0.39, 0.29) is 0 Å². The molecule has 0 heterocycles. The molecule has 0 aliphatic carbocycles. The molecule has 0 bridgehead atoms. The minimum atomic E-state index is -7.53. The van der Waals surface area contributed by atoms with E-state index in [0.29, 0.717) is 0 Å². The van der Waals surface area contributed by atoms with Crippen LogP contribution in [-0.4, -0.2) is 42.2 Å². The van der Waals surface area contributed by atoms with E-state index in [4.69, 9.17) is 0 Å². The minimum absolute atomic E-state index is 0.956. The maximum absolute atomic E-state index is 12.9. The van der Waals surface area contributed by atoms with Gasteiger partial charge < -0.3 is 0 Å². The standard InChI is InChI=1S/C8H5F13/c1-4(13,2(9)10)6(16,17)8(20,21)7(18,19)5(14,15)3(11)12/h2-3H,1H3. The molecular formula is C8H5F13. The molecule has 0 fully saturated rings. The molecule has 0 N–H and O–H groups in total. The number of hydrogen-bond donors (Lipinski definition) is 0. The van der Waals surface area contributed by atoms with Gasteiger partial charge in [-0.2, -0.15) is 35.1 Å². The summed E-state index contributed by atoms with van der Waals surface area (Å²) in [5.74, 6) is -29.1. The van der Waals surface area contributed by atoms with Crippen molar-refractivity contribution in [1.29, 1.82) is 0 Å². The van der Waals surface area contributed by atoms with Gasteiger partial charge >= 0.3 is 30.1 Å². The van der Waals surface area contributed by atoms with Crippen LogP contribution >= 0.6 is 0 Å². The fraction of sp³-hybridized carbons (Fsp3) is 1.00. The van der Waals surface area contributed by atoms with Gasteiger partial charge in [0.2, 0.25) is 5.67 Å². The summed E-state index contributed by atoms with van der Waals surface area (Å²) in [6.45, 7) is -0.956. The van der Waals surface area contributed by atoms with Crippen molar-refractivity contribution in [2.24, 2.45) is 0 Å². The lowest BCUT2D eigenvalue weighted by Gasteiger charge is -2.40. The van der Waals surface area contributed by atoms with Gasteiger partial charge in [0.25, 0.3) is 6.43 Å². The predicted octanol–water partition coefficient (Wildman–Crippen LogP) is 4.79. The van der Waals surface area contributed by atoms with Crippen LogP contribution in [0.4, 0.5) is 57.1 Å². The highest BCUT2D eigenvalue weighted by Gasteiger charge is 2.87. The third kappa shape index (κ3) is 2.51. The smallest absolute Gasteiger partial charge is 0.231 e. The van der Waals surface area contributed by atoms with E-state index in [2.05, 4.69) is 0 Å². The molecule has 0 nitrogen and oxygen atoms in total. The molecule has 0 saturated heterocycles. The highest BCUT2D eigenvalue weighted by Crippen LogP contribution is 2.58. The zero-order valence-corrected chi connectivity index (χ0v) is 9.57. The van der Waals surface area contributed by atoms with Gasteiger partial charge in [-0.25, -0.2) is 22.0 Å². The van der Waals surface area contributed by atoms with Crippen molar-refractivity contribution in [3.63, 3.8) is 0 Å². The molecule has 0 radical (unpaired) electrons. The second kappa shape index (κ2) is 5.07. The van der Waals surface area contributed by atoms with Crippen molar-refractivity contribution >= 4 is 0 Å². The van der Waals surface area contributed by atoms with Crippen LogP contribution in [0, 0.1) is 0 Å². The van der Waals surface area contributed by atoms with Crippen molar-refractivity contribution in [2.75, 3.05) is 0 Å². The van der Waals surface area contributed by atoms with E-state index >= 15 is 0 Å². The second-order valence-corrected chi connectivity index (χ2v) is 4.02. The summed E-state index contributed by atoms with van der Waals surface area (Å²) in [5.41, 5.74) is -5.68. The van der Waals surface area contributed by atoms with Crippen LogP contribution in [0.5, 0.6) is 0 Å². The molecule has 21 heavy (non-hydrogen) atoms. The van der Waals surface area contributed by atoms with E-state index in [1.807, 2.05) is 0 Å². The Morgan fingerprint density at radius 2 is 0.857 bits per heavy atom. The molecule has 1 atom stereocenters. The van der Waals surface area contributed by atoms with Crippen molar-refractivity contribution in [3.8, 4) is 0 Å². The maximum atomic E-state index is 12.9. The number of hydrogen-bond acceptors (Lipinski definition) is 0. The summed E-state index contributed by atoms with van der Waals surface area (Å²) in [4.78, 5) is 0. The predicted molar refractivity (Wildman–Crippen MR) is 41.3 cm³/mol. The molecule has 1 unspecified atom stereocenters. The van der Waals surface area contributed by atoms with Crippen LogP contribution in [0.25, 0.3) is 0 Å². The molecule has 0 spiro atoms. The van der Waals surface area contributed by atoms with Crippen molar-refractivity contribution < 1.29 is 57.1 Å². The first-order valence-corrected chi connectivity index (χ1v) is 4.65. The summed E-state index contributed by atoms with van der Waals surface area (Å²) in [6, 6.07) is 0. The molecule has 0 amide bonds. The third-order valence-electron chi connectivity index (χ3n) is 2.51. The average Bonchev–Trinajstić information content (AvgIpc) is 2.27. The zero-order chi connectivity index (χ0) is 17.7. The summed E-state index contributed by atoms with van der Waals surface area (Å²) in [7, 11) is 0. The molecule has 0 aliphatic rings. The third-order valence-corrected chi connectivity index (χ3v) is 2.51. The molecule has 0 aromatic rings. The zero-order valence-electron chi connectivity index (χ0n) is 9.57. The number of rotatable bonds is 6. The largest absolute Gasteiger partial charge is 0.384 e. The lowest BCUT2D eigenvalue weighted by atomic mass is 9.88. The molecule has 0 saturated carbocycles. The summed E-state index contributed by atoms with van der Waals surface area (Å²) in [6.07, 6.45) is -10.5. The van der Waals surface area contributed by atoms with E-state index in [1.54, 1.807) is 0 Å². The van der Waals surface area contributed by atoms with Gasteiger partial charge in [-0.05, 0) is 6.92 Å². The normalized spacial score (nSPS) is 18.3. The lowest BCUT2D eigenvalue weighted by Crippen LogP contribution is -2.70. The summed E-state index contributed by atoms with van der Waals surface area (Å²) < 4.78 is 161. The first-order valence-electron chi connectivity index (χ1n) is 4.65. The Morgan fingerprint density at radius 1 is 0.524 bits per heavy atom. The van der Waals surface area contributed by atoms with Crippen LogP contribution in [0.1, 0.15) is 6.92 Å². The molecule has 0 aliphatic heterocycles.